The Morgan fingerprint density at radius 3 is 2.67 bits per heavy atom. The Kier molecular flexibility index (Phi) is 8.63. The molecule has 0 spiro atoms. The number of carbonyl (C=O) groups is 1. The molecule has 1 unspecified atom stereocenters. The molecule has 0 radical (unpaired) electrons. The van der Waals surface area contributed by atoms with Crippen LogP contribution in [-0.4, -0.2) is 81.2 Å². The average Bonchev–Trinajstić information content (AvgIpc) is 3.05. The molecule has 0 bridgehead atoms. The van der Waals surface area contributed by atoms with Gasteiger partial charge in [-0.05, 0) is 46.5 Å². The van der Waals surface area contributed by atoms with E-state index in [1.165, 1.54) is 0 Å². The average molecular weight is 385 g/mol. The van der Waals surface area contributed by atoms with Gasteiger partial charge in [0.05, 0.1) is 12.1 Å². The normalized spacial score (nSPS) is 22.0. The van der Waals surface area contributed by atoms with Crippen molar-refractivity contribution in [1.82, 2.24) is 15.5 Å². The van der Waals surface area contributed by atoms with E-state index in [0.29, 0.717) is 6.10 Å². The Labute approximate surface area is 163 Å². The predicted octanol–water partition coefficient (Wildman–Crippen LogP) is 1.75. The topological polar surface area (TPSA) is 84.4 Å². The van der Waals surface area contributed by atoms with Gasteiger partial charge in [-0.15, -0.1) is 0 Å². The van der Waals surface area contributed by atoms with Crippen molar-refractivity contribution in [3.8, 4) is 0 Å². The summed E-state index contributed by atoms with van der Waals surface area (Å²) in [6.45, 7) is 10.4. The van der Waals surface area contributed by atoms with E-state index in [9.17, 15) is 4.79 Å². The molecule has 27 heavy (non-hydrogen) atoms. The molecule has 0 aromatic carbocycles. The molecule has 0 saturated carbocycles. The van der Waals surface area contributed by atoms with Crippen LogP contribution in [0.2, 0.25) is 0 Å². The zero-order valence-electron chi connectivity index (χ0n) is 17.3. The Bertz CT molecular complexity index is 487. The number of rotatable bonds is 6. The molecule has 2 saturated heterocycles. The van der Waals surface area contributed by atoms with Gasteiger partial charge in [0.1, 0.15) is 5.60 Å². The zero-order valence-corrected chi connectivity index (χ0v) is 17.3. The maximum atomic E-state index is 11.9. The van der Waals surface area contributed by atoms with Crippen LogP contribution in [0.25, 0.3) is 0 Å². The van der Waals surface area contributed by atoms with Crippen LogP contribution in [0.5, 0.6) is 0 Å². The highest BCUT2D eigenvalue weighted by Crippen LogP contribution is 2.12. The first-order valence-electron chi connectivity index (χ1n) is 10.0. The summed E-state index contributed by atoms with van der Waals surface area (Å²) in [4.78, 5) is 18.4. The van der Waals surface area contributed by atoms with Crippen molar-refractivity contribution in [2.24, 2.45) is 4.99 Å². The maximum absolute atomic E-state index is 11.9. The summed E-state index contributed by atoms with van der Waals surface area (Å²) in [6, 6.07) is 0.0789. The minimum absolute atomic E-state index is 0.0789. The molecule has 2 aliphatic rings. The number of amides is 1. The van der Waals surface area contributed by atoms with Crippen molar-refractivity contribution in [1.29, 1.82) is 0 Å². The Morgan fingerprint density at radius 1 is 1.26 bits per heavy atom. The SMILES string of the molecule is CN=C(NCCCOC1CCOCC1)N1CCC(NC(=O)OC(C)(C)C)C1. The summed E-state index contributed by atoms with van der Waals surface area (Å²) in [7, 11) is 1.79. The number of ether oxygens (including phenoxy) is 3. The van der Waals surface area contributed by atoms with Crippen LogP contribution in [0.4, 0.5) is 4.79 Å². The molecule has 8 heteroatoms. The van der Waals surface area contributed by atoms with Crippen LogP contribution < -0.4 is 10.6 Å². The van der Waals surface area contributed by atoms with Gasteiger partial charge in [0.15, 0.2) is 5.96 Å². The first-order valence-corrected chi connectivity index (χ1v) is 10.0. The van der Waals surface area contributed by atoms with Gasteiger partial charge in [0, 0.05) is 46.5 Å². The molecule has 156 valence electrons. The summed E-state index contributed by atoms with van der Waals surface area (Å²) >= 11 is 0. The third-order valence-electron chi connectivity index (χ3n) is 4.55. The van der Waals surface area contributed by atoms with Gasteiger partial charge in [0.2, 0.25) is 0 Å². The van der Waals surface area contributed by atoms with E-state index in [4.69, 9.17) is 14.2 Å². The Morgan fingerprint density at radius 2 is 2.00 bits per heavy atom. The number of guanidine groups is 1. The minimum atomic E-state index is -0.479. The summed E-state index contributed by atoms with van der Waals surface area (Å²) in [5.41, 5.74) is -0.479. The lowest BCUT2D eigenvalue weighted by Gasteiger charge is -2.24. The van der Waals surface area contributed by atoms with Crippen molar-refractivity contribution in [3.05, 3.63) is 0 Å². The number of carbonyl (C=O) groups excluding carboxylic acids is 1. The monoisotopic (exact) mass is 384 g/mol. The van der Waals surface area contributed by atoms with Gasteiger partial charge in [0.25, 0.3) is 0 Å². The summed E-state index contributed by atoms with van der Waals surface area (Å²) < 4.78 is 16.6. The second-order valence-corrected chi connectivity index (χ2v) is 8.09. The molecule has 2 heterocycles. The second-order valence-electron chi connectivity index (χ2n) is 8.09. The fraction of sp³-hybridized carbons (Fsp3) is 0.895. The van der Waals surface area contributed by atoms with Crippen molar-refractivity contribution >= 4 is 12.1 Å². The van der Waals surface area contributed by atoms with Crippen molar-refractivity contribution < 1.29 is 19.0 Å². The zero-order chi connectivity index (χ0) is 19.7. The first kappa shape index (κ1) is 21.8. The molecule has 0 aliphatic carbocycles. The van der Waals surface area contributed by atoms with Crippen molar-refractivity contribution in [2.75, 3.05) is 46.5 Å². The molecule has 0 aromatic rings. The number of nitrogens with one attached hydrogen (secondary N) is 2. The second kappa shape index (κ2) is 10.7. The summed E-state index contributed by atoms with van der Waals surface area (Å²) in [5.74, 6) is 0.870. The highest BCUT2D eigenvalue weighted by molar-refractivity contribution is 5.80. The smallest absolute Gasteiger partial charge is 0.407 e. The number of hydrogen-bond donors (Lipinski definition) is 2. The minimum Gasteiger partial charge on any atom is -0.444 e. The summed E-state index contributed by atoms with van der Waals surface area (Å²) in [5, 5.41) is 6.33. The fourth-order valence-electron chi connectivity index (χ4n) is 3.24. The third kappa shape index (κ3) is 8.34. The van der Waals surface area contributed by atoms with Crippen LogP contribution in [0.3, 0.4) is 0 Å². The fourth-order valence-corrected chi connectivity index (χ4v) is 3.24. The quantitative estimate of drug-likeness (QED) is 0.412. The van der Waals surface area contributed by atoms with Gasteiger partial charge in [-0.3, -0.25) is 4.99 Å². The highest BCUT2D eigenvalue weighted by atomic mass is 16.6. The van der Waals surface area contributed by atoms with Gasteiger partial charge in [-0.2, -0.15) is 0 Å². The number of nitrogens with zero attached hydrogens (tertiary/aromatic N) is 2. The molecule has 2 fully saturated rings. The largest absolute Gasteiger partial charge is 0.444 e. The van der Waals surface area contributed by atoms with Crippen LogP contribution >= 0.6 is 0 Å². The van der Waals surface area contributed by atoms with Crippen LogP contribution in [0.15, 0.2) is 4.99 Å². The van der Waals surface area contributed by atoms with Crippen LogP contribution in [-0.2, 0) is 14.2 Å². The van der Waals surface area contributed by atoms with E-state index in [-0.39, 0.29) is 12.1 Å². The lowest BCUT2D eigenvalue weighted by atomic mass is 10.1. The molecule has 2 N–H and O–H groups in total. The number of hydrogen-bond acceptors (Lipinski definition) is 5. The summed E-state index contributed by atoms with van der Waals surface area (Å²) in [6.07, 6.45) is 3.79. The number of likely N-dealkylation sites (tertiary alicyclic amines) is 1. The molecule has 0 aromatic heterocycles. The highest BCUT2D eigenvalue weighted by Gasteiger charge is 2.27. The van der Waals surface area contributed by atoms with Gasteiger partial charge in [-0.1, -0.05) is 0 Å². The maximum Gasteiger partial charge on any atom is 0.407 e. The van der Waals surface area contributed by atoms with E-state index in [1.807, 2.05) is 20.8 Å². The van der Waals surface area contributed by atoms with Crippen LogP contribution in [0, 0.1) is 0 Å². The first-order chi connectivity index (χ1) is 12.9. The predicted molar refractivity (Wildman–Crippen MR) is 105 cm³/mol. The van der Waals surface area contributed by atoms with Gasteiger partial charge < -0.3 is 29.7 Å². The lowest BCUT2D eigenvalue weighted by molar-refractivity contribution is -0.0320. The lowest BCUT2D eigenvalue weighted by Crippen LogP contribution is -2.44. The molecule has 1 amide bonds. The standard InChI is InChI=1S/C19H36N4O4/c1-19(2,3)27-18(24)22-15-6-10-23(14-15)17(20-4)21-9-5-11-26-16-7-12-25-13-8-16/h15-16H,5-14H2,1-4H3,(H,20,21)(H,22,24). The van der Waals surface area contributed by atoms with E-state index in [0.717, 1.165) is 71.1 Å². The molecule has 1 atom stereocenters. The Balaban J connectivity index is 1.62. The number of aliphatic imine (C=N–C) groups is 1. The van der Waals surface area contributed by atoms with Crippen molar-refractivity contribution in [3.63, 3.8) is 0 Å². The Hall–Kier alpha value is -1.54. The van der Waals surface area contributed by atoms with E-state index < -0.39 is 5.60 Å². The molecular formula is C19H36N4O4. The van der Waals surface area contributed by atoms with E-state index in [2.05, 4.69) is 20.5 Å². The van der Waals surface area contributed by atoms with Gasteiger partial charge >= 0.3 is 6.09 Å². The van der Waals surface area contributed by atoms with E-state index in [1.54, 1.807) is 7.05 Å². The molecule has 2 rings (SSSR count). The number of alkyl carbamates (subject to hydrolysis) is 1. The van der Waals surface area contributed by atoms with Crippen LogP contribution in [0.1, 0.15) is 46.5 Å². The van der Waals surface area contributed by atoms with Crippen molar-refractivity contribution in [2.45, 2.75) is 64.2 Å². The molecule has 8 nitrogen and oxygen atoms in total. The molecule has 2 aliphatic heterocycles. The van der Waals surface area contributed by atoms with E-state index >= 15 is 0 Å². The van der Waals surface area contributed by atoms with Gasteiger partial charge in [-0.25, -0.2) is 4.79 Å². The molecular weight excluding hydrogens is 348 g/mol. The third-order valence-corrected chi connectivity index (χ3v) is 4.55.